The van der Waals surface area contributed by atoms with E-state index in [1.54, 1.807) is 0 Å². The van der Waals surface area contributed by atoms with E-state index in [9.17, 15) is 4.79 Å². The van der Waals surface area contributed by atoms with Crippen molar-refractivity contribution in [2.24, 2.45) is 16.7 Å². The summed E-state index contributed by atoms with van der Waals surface area (Å²) >= 11 is 0. The molecule has 3 rings (SSSR count). The molecule has 2 unspecified atom stereocenters. The molecule has 2 fully saturated rings. The standard InChI is InChI=1S/C16H20O/c1-15(2)12-9-10-16(15,3)14(17)13(12)11-7-5-4-6-8-11/h4-7,12H,8-10H2,1-3H3. The van der Waals surface area contributed by atoms with Gasteiger partial charge in [-0.1, -0.05) is 45.1 Å². The molecule has 0 aromatic carbocycles. The van der Waals surface area contributed by atoms with E-state index in [0.29, 0.717) is 11.7 Å². The van der Waals surface area contributed by atoms with Crippen LogP contribution in [0.15, 0.2) is 35.5 Å². The maximum absolute atomic E-state index is 12.7. The van der Waals surface area contributed by atoms with Crippen molar-refractivity contribution in [3.8, 4) is 0 Å². The second-order valence-electron chi connectivity index (χ2n) is 6.40. The molecule has 0 aliphatic heterocycles. The molecule has 0 aromatic heterocycles. The molecule has 1 nitrogen and oxygen atoms in total. The lowest BCUT2D eigenvalue weighted by Crippen LogP contribution is -2.32. The van der Waals surface area contributed by atoms with Crippen molar-refractivity contribution in [2.45, 2.75) is 40.0 Å². The van der Waals surface area contributed by atoms with Gasteiger partial charge in [0.25, 0.3) is 0 Å². The number of fused-ring (bicyclic) bond motifs is 2. The first-order chi connectivity index (χ1) is 7.98. The Morgan fingerprint density at radius 1 is 1.24 bits per heavy atom. The van der Waals surface area contributed by atoms with Gasteiger partial charge >= 0.3 is 0 Å². The summed E-state index contributed by atoms with van der Waals surface area (Å²) in [6.45, 7) is 6.72. The molecule has 0 N–H and O–H groups in total. The Balaban J connectivity index is 2.14. The van der Waals surface area contributed by atoms with Gasteiger partial charge in [0, 0.05) is 11.0 Å². The Kier molecular flexibility index (Phi) is 2.08. The summed E-state index contributed by atoms with van der Waals surface area (Å²) in [6, 6.07) is 0. The number of rotatable bonds is 0. The molecule has 17 heavy (non-hydrogen) atoms. The third-order valence-corrected chi connectivity index (χ3v) is 5.55. The van der Waals surface area contributed by atoms with E-state index in [0.717, 1.165) is 18.4 Å². The van der Waals surface area contributed by atoms with Crippen molar-refractivity contribution in [3.05, 3.63) is 35.5 Å². The van der Waals surface area contributed by atoms with Crippen molar-refractivity contribution < 1.29 is 4.79 Å². The molecule has 0 amide bonds. The van der Waals surface area contributed by atoms with E-state index in [1.165, 1.54) is 12.0 Å². The molecule has 3 aliphatic carbocycles. The van der Waals surface area contributed by atoms with Gasteiger partial charge in [0.15, 0.2) is 5.78 Å². The third kappa shape index (κ3) is 1.17. The highest BCUT2D eigenvalue weighted by atomic mass is 16.1. The highest BCUT2D eigenvalue weighted by Crippen LogP contribution is 2.66. The lowest BCUT2D eigenvalue weighted by atomic mass is 9.70. The van der Waals surface area contributed by atoms with Gasteiger partial charge in [0.05, 0.1) is 0 Å². The zero-order chi connectivity index (χ0) is 12.3. The average molecular weight is 228 g/mol. The molecule has 3 aliphatic rings. The van der Waals surface area contributed by atoms with Crippen LogP contribution in [-0.2, 0) is 4.79 Å². The van der Waals surface area contributed by atoms with Gasteiger partial charge in [0.2, 0.25) is 0 Å². The predicted molar refractivity (Wildman–Crippen MR) is 69.5 cm³/mol. The van der Waals surface area contributed by atoms with Crippen molar-refractivity contribution in [1.29, 1.82) is 0 Å². The Hall–Kier alpha value is -1.11. The Labute approximate surface area is 103 Å². The zero-order valence-corrected chi connectivity index (χ0v) is 10.9. The molecule has 0 heterocycles. The van der Waals surface area contributed by atoms with Crippen LogP contribution >= 0.6 is 0 Å². The van der Waals surface area contributed by atoms with E-state index in [4.69, 9.17) is 0 Å². The first-order valence-electron chi connectivity index (χ1n) is 6.59. The van der Waals surface area contributed by atoms with Crippen LogP contribution < -0.4 is 0 Å². The van der Waals surface area contributed by atoms with Gasteiger partial charge in [-0.25, -0.2) is 0 Å². The van der Waals surface area contributed by atoms with Crippen LogP contribution in [0.25, 0.3) is 0 Å². The quantitative estimate of drug-likeness (QED) is 0.576. The van der Waals surface area contributed by atoms with Crippen LogP contribution in [-0.4, -0.2) is 5.78 Å². The van der Waals surface area contributed by atoms with Gasteiger partial charge in [-0.2, -0.15) is 0 Å². The lowest BCUT2D eigenvalue weighted by molar-refractivity contribution is -0.125. The summed E-state index contributed by atoms with van der Waals surface area (Å²) in [7, 11) is 0. The molecular formula is C16H20O. The number of carbonyl (C=O) groups excluding carboxylic acids is 1. The number of carbonyl (C=O) groups is 1. The van der Waals surface area contributed by atoms with E-state index in [-0.39, 0.29) is 10.8 Å². The minimum absolute atomic E-state index is 0.116. The maximum atomic E-state index is 12.7. The Morgan fingerprint density at radius 3 is 2.53 bits per heavy atom. The first kappa shape index (κ1) is 11.0. The Bertz CT molecular complexity index is 476. The van der Waals surface area contributed by atoms with E-state index in [2.05, 4.69) is 45.1 Å². The van der Waals surface area contributed by atoms with Crippen molar-refractivity contribution in [1.82, 2.24) is 0 Å². The fraction of sp³-hybridized carbons (Fsp3) is 0.562. The van der Waals surface area contributed by atoms with E-state index < -0.39 is 0 Å². The van der Waals surface area contributed by atoms with Crippen molar-refractivity contribution in [3.63, 3.8) is 0 Å². The van der Waals surface area contributed by atoms with E-state index in [1.807, 2.05) is 0 Å². The summed E-state index contributed by atoms with van der Waals surface area (Å²) in [4.78, 5) is 12.7. The molecule has 0 spiro atoms. The SMILES string of the molecule is CC12CCC(C(=C3C=CC=CC3)C1=O)C2(C)C. The van der Waals surface area contributed by atoms with Crippen molar-refractivity contribution in [2.75, 3.05) is 0 Å². The van der Waals surface area contributed by atoms with Gasteiger partial charge in [-0.3, -0.25) is 4.79 Å². The molecule has 2 atom stereocenters. The highest BCUT2D eigenvalue weighted by molar-refractivity contribution is 6.05. The lowest BCUT2D eigenvalue weighted by Gasteiger charge is -2.31. The summed E-state index contributed by atoms with van der Waals surface area (Å²) in [5, 5.41) is 0. The van der Waals surface area contributed by atoms with Crippen LogP contribution in [0, 0.1) is 16.7 Å². The third-order valence-electron chi connectivity index (χ3n) is 5.55. The Morgan fingerprint density at radius 2 is 2.00 bits per heavy atom. The number of Topliss-reactive ketones (excluding diaryl/α,β-unsaturated/α-hetero) is 1. The van der Waals surface area contributed by atoms with Gasteiger partial charge < -0.3 is 0 Å². The maximum Gasteiger partial charge on any atom is 0.165 e. The molecule has 90 valence electrons. The summed E-state index contributed by atoms with van der Waals surface area (Å²) < 4.78 is 0. The molecule has 2 bridgehead atoms. The minimum Gasteiger partial charge on any atom is -0.294 e. The van der Waals surface area contributed by atoms with Crippen LogP contribution in [0.4, 0.5) is 0 Å². The number of ketones is 1. The van der Waals surface area contributed by atoms with Crippen LogP contribution in [0.3, 0.4) is 0 Å². The van der Waals surface area contributed by atoms with Crippen molar-refractivity contribution >= 4 is 5.78 Å². The van der Waals surface area contributed by atoms with Gasteiger partial charge in [-0.15, -0.1) is 0 Å². The minimum atomic E-state index is -0.116. The molecule has 0 radical (unpaired) electrons. The normalized spacial score (nSPS) is 42.5. The molecular weight excluding hydrogens is 208 g/mol. The number of hydrogen-bond acceptors (Lipinski definition) is 1. The fourth-order valence-electron chi connectivity index (χ4n) is 3.95. The summed E-state index contributed by atoms with van der Waals surface area (Å²) in [5.41, 5.74) is 2.43. The summed E-state index contributed by atoms with van der Waals surface area (Å²) in [5.74, 6) is 0.903. The molecule has 1 heteroatoms. The molecule has 0 aromatic rings. The smallest absolute Gasteiger partial charge is 0.165 e. The van der Waals surface area contributed by atoms with Crippen LogP contribution in [0.1, 0.15) is 40.0 Å². The fourth-order valence-corrected chi connectivity index (χ4v) is 3.95. The van der Waals surface area contributed by atoms with E-state index >= 15 is 0 Å². The molecule has 2 saturated carbocycles. The van der Waals surface area contributed by atoms with Crippen LogP contribution in [0.5, 0.6) is 0 Å². The number of allylic oxidation sites excluding steroid dienone is 6. The zero-order valence-electron chi connectivity index (χ0n) is 10.9. The first-order valence-corrected chi connectivity index (χ1v) is 6.59. The largest absolute Gasteiger partial charge is 0.294 e. The second-order valence-corrected chi connectivity index (χ2v) is 6.40. The average Bonchev–Trinajstić information content (AvgIpc) is 2.62. The monoisotopic (exact) mass is 228 g/mol. The summed E-state index contributed by atoms with van der Waals surface area (Å²) in [6.07, 6.45) is 11.6. The molecule has 0 saturated heterocycles. The second kappa shape index (κ2) is 3.22. The van der Waals surface area contributed by atoms with Gasteiger partial charge in [0.1, 0.15) is 0 Å². The highest BCUT2D eigenvalue weighted by Gasteiger charge is 2.64. The number of hydrogen-bond donors (Lipinski definition) is 0. The van der Waals surface area contributed by atoms with Gasteiger partial charge in [-0.05, 0) is 36.2 Å². The topological polar surface area (TPSA) is 17.1 Å². The predicted octanol–water partition coefficient (Wildman–Crippen LogP) is 3.82. The van der Waals surface area contributed by atoms with Crippen LogP contribution in [0.2, 0.25) is 0 Å².